The zero-order valence-corrected chi connectivity index (χ0v) is 23.1. The van der Waals surface area contributed by atoms with Gasteiger partial charge in [0.2, 0.25) is 5.91 Å². The van der Waals surface area contributed by atoms with E-state index in [0.717, 1.165) is 22.4 Å². The van der Waals surface area contributed by atoms with Gasteiger partial charge in [0.25, 0.3) is 0 Å². The predicted molar refractivity (Wildman–Crippen MR) is 142 cm³/mol. The number of hydrogen-bond donors (Lipinski definition) is 2. The van der Waals surface area contributed by atoms with Crippen LogP contribution in [-0.4, -0.2) is 42.8 Å². The van der Waals surface area contributed by atoms with E-state index in [2.05, 4.69) is 10.6 Å². The monoisotopic (exact) mass is 512 g/mol. The Bertz CT molecular complexity index is 1070. The summed E-state index contributed by atoms with van der Waals surface area (Å²) in [6.45, 7) is 13.1. The first-order valence-corrected chi connectivity index (χ1v) is 12.3. The molecule has 0 saturated carbocycles. The van der Waals surface area contributed by atoms with Gasteiger partial charge in [-0.25, -0.2) is 9.59 Å². The van der Waals surface area contributed by atoms with E-state index in [1.165, 1.54) is 7.11 Å². The number of hydrogen-bond acceptors (Lipinski definition) is 6. The fourth-order valence-corrected chi connectivity index (χ4v) is 3.66. The van der Waals surface area contributed by atoms with E-state index in [1.807, 2.05) is 76.2 Å². The molecular formula is C29H40N2O6. The van der Waals surface area contributed by atoms with Gasteiger partial charge in [-0.2, -0.15) is 0 Å². The Morgan fingerprint density at radius 1 is 0.892 bits per heavy atom. The molecule has 2 N–H and O–H groups in total. The summed E-state index contributed by atoms with van der Waals surface area (Å²) in [5.41, 5.74) is 1.44. The van der Waals surface area contributed by atoms with Crippen molar-refractivity contribution in [3.05, 3.63) is 65.2 Å². The zero-order chi connectivity index (χ0) is 27.8. The Kier molecular flexibility index (Phi) is 10.1. The molecule has 2 amide bonds. The van der Waals surface area contributed by atoms with Gasteiger partial charge >= 0.3 is 12.1 Å². The van der Waals surface area contributed by atoms with Crippen molar-refractivity contribution in [2.45, 2.75) is 79.2 Å². The molecule has 8 heteroatoms. The van der Waals surface area contributed by atoms with Gasteiger partial charge in [0.15, 0.2) is 0 Å². The second kappa shape index (κ2) is 12.6. The lowest BCUT2D eigenvalue weighted by atomic mass is 9.86. The average molecular weight is 513 g/mol. The fourth-order valence-electron chi connectivity index (χ4n) is 3.66. The van der Waals surface area contributed by atoms with Crippen LogP contribution in [0.25, 0.3) is 0 Å². The maximum absolute atomic E-state index is 13.2. The Hall–Kier alpha value is -3.55. The molecule has 0 saturated heterocycles. The quantitative estimate of drug-likeness (QED) is 0.472. The fraction of sp³-hybridized carbons (Fsp3) is 0.483. The number of aryl methyl sites for hydroxylation is 1. The summed E-state index contributed by atoms with van der Waals surface area (Å²) in [4.78, 5) is 38.2. The predicted octanol–water partition coefficient (Wildman–Crippen LogP) is 4.71. The molecule has 2 atom stereocenters. The van der Waals surface area contributed by atoms with Gasteiger partial charge in [-0.1, -0.05) is 63.2 Å². The van der Waals surface area contributed by atoms with Crippen molar-refractivity contribution in [2.24, 2.45) is 5.41 Å². The number of alkyl carbamates (subject to hydrolysis) is 1. The maximum Gasteiger partial charge on any atom is 0.408 e. The van der Waals surface area contributed by atoms with E-state index >= 15 is 0 Å². The highest BCUT2D eigenvalue weighted by molar-refractivity contribution is 5.90. The first-order valence-electron chi connectivity index (χ1n) is 12.3. The second-order valence-corrected chi connectivity index (χ2v) is 11.1. The Morgan fingerprint density at radius 3 is 2.08 bits per heavy atom. The largest absolute Gasteiger partial charge is 0.489 e. The van der Waals surface area contributed by atoms with Crippen molar-refractivity contribution in [1.29, 1.82) is 0 Å². The summed E-state index contributed by atoms with van der Waals surface area (Å²) < 4.78 is 16.2. The summed E-state index contributed by atoms with van der Waals surface area (Å²) in [6, 6.07) is 13.6. The van der Waals surface area contributed by atoms with Gasteiger partial charge in [-0.05, 0) is 55.9 Å². The molecule has 37 heavy (non-hydrogen) atoms. The molecule has 0 spiro atoms. The van der Waals surface area contributed by atoms with Crippen molar-refractivity contribution in [3.63, 3.8) is 0 Å². The van der Waals surface area contributed by atoms with Gasteiger partial charge in [0, 0.05) is 6.42 Å². The van der Waals surface area contributed by atoms with E-state index < -0.39 is 41.1 Å². The first kappa shape index (κ1) is 29.7. The van der Waals surface area contributed by atoms with Crippen molar-refractivity contribution < 1.29 is 28.6 Å². The molecule has 0 fully saturated rings. The van der Waals surface area contributed by atoms with Crippen molar-refractivity contribution >= 4 is 18.0 Å². The van der Waals surface area contributed by atoms with Gasteiger partial charge in [0.1, 0.15) is 30.0 Å². The molecule has 0 unspecified atom stereocenters. The Morgan fingerprint density at radius 2 is 1.54 bits per heavy atom. The lowest BCUT2D eigenvalue weighted by Gasteiger charge is -2.32. The van der Waals surface area contributed by atoms with E-state index in [-0.39, 0.29) is 6.42 Å². The van der Waals surface area contributed by atoms with Crippen LogP contribution < -0.4 is 15.4 Å². The third kappa shape index (κ3) is 9.79. The molecule has 0 aliphatic rings. The highest BCUT2D eigenvalue weighted by Gasteiger charge is 2.36. The molecule has 0 radical (unpaired) electrons. The molecule has 0 bridgehead atoms. The molecule has 0 heterocycles. The van der Waals surface area contributed by atoms with E-state index in [9.17, 15) is 14.4 Å². The highest BCUT2D eigenvalue weighted by atomic mass is 16.6. The van der Waals surface area contributed by atoms with Crippen LogP contribution in [-0.2, 0) is 32.1 Å². The molecule has 0 aliphatic carbocycles. The number of carbonyl (C=O) groups is 3. The summed E-state index contributed by atoms with van der Waals surface area (Å²) in [5.74, 6) is -0.353. The Balaban J connectivity index is 2.14. The van der Waals surface area contributed by atoms with Crippen LogP contribution in [0, 0.1) is 12.3 Å². The molecule has 2 rings (SSSR count). The van der Waals surface area contributed by atoms with Crippen LogP contribution in [0.4, 0.5) is 4.79 Å². The highest BCUT2D eigenvalue weighted by Crippen LogP contribution is 2.23. The number of benzene rings is 2. The van der Waals surface area contributed by atoms with Gasteiger partial charge in [-0.15, -0.1) is 0 Å². The van der Waals surface area contributed by atoms with Crippen molar-refractivity contribution in [3.8, 4) is 5.75 Å². The van der Waals surface area contributed by atoms with Gasteiger partial charge < -0.3 is 24.8 Å². The second-order valence-electron chi connectivity index (χ2n) is 11.1. The van der Waals surface area contributed by atoms with E-state index in [0.29, 0.717) is 6.61 Å². The SMILES string of the molecule is COC(=O)[C@H](Cc1ccc(OCc2ccccc2)c(C)c1)NC(=O)[C@@H](NC(=O)OC(C)(C)C)C(C)(C)C. The first-order chi connectivity index (χ1) is 17.2. The summed E-state index contributed by atoms with van der Waals surface area (Å²) in [6.07, 6.45) is -0.500. The van der Waals surface area contributed by atoms with Crippen molar-refractivity contribution in [1.82, 2.24) is 10.6 Å². The Labute approximate surface area is 220 Å². The maximum atomic E-state index is 13.2. The number of esters is 1. The number of methoxy groups -OCH3 is 1. The molecule has 202 valence electrons. The van der Waals surface area contributed by atoms with E-state index in [1.54, 1.807) is 20.8 Å². The van der Waals surface area contributed by atoms with Crippen LogP contribution in [0.2, 0.25) is 0 Å². The zero-order valence-electron chi connectivity index (χ0n) is 23.1. The minimum Gasteiger partial charge on any atom is -0.489 e. The molecule has 0 aromatic heterocycles. The lowest BCUT2D eigenvalue weighted by Crippen LogP contribution is -2.57. The topological polar surface area (TPSA) is 103 Å². The smallest absolute Gasteiger partial charge is 0.408 e. The summed E-state index contributed by atoms with van der Waals surface area (Å²) in [7, 11) is 1.27. The van der Waals surface area contributed by atoms with Gasteiger partial charge in [0.05, 0.1) is 7.11 Å². The average Bonchev–Trinajstić information content (AvgIpc) is 2.79. The standard InChI is InChI=1S/C29H40N2O6/c1-19-16-21(14-15-23(19)36-18-20-12-10-9-11-13-20)17-22(26(33)35-8)30-25(32)24(28(2,3)4)31-27(34)37-29(5,6)7/h9-16,22,24H,17-18H2,1-8H3,(H,30,32)(H,31,34)/t22-,24+/m0/s1. The van der Waals surface area contributed by atoms with E-state index in [4.69, 9.17) is 14.2 Å². The van der Waals surface area contributed by atoms with Crippen LogP contribution in [0.3, 0.4) is 0 Å². The van der Waals surface area contributed by atoms with Crippen LogP contribution in [0.15, 0.2) is 48.5 Å². The number of nitrogens with one attached hydrogen (secondary N) is 2. The van der Waals surface area contributed by atoms with Crippen molar-refractivity contribution in [2.75, 3.05) is 7.11 Å². The molecule has 2 aromatic carbocycles. The minimum absolute atomic E-state index is 0.210. The number of ether oxygens (including phenoxy) is 3. The van der Waals surface area contributed by atoms with Crippen LogP contribution in [0.5, 0.6) is 5.75 Å². The van der Waals surface area contributed by atoms with Crippen LogP contribution in [0.1, 0.15) is 58.2 Å². The summed E-state index contributed by atoms with van der Waals surface area (Å²) in [5, 5.41) is 5.40. The lowest BCUT2D eigenvalue weighted by molar-refractivity contribution is -0.145. The van der Waals surface area contributed by atoms with Crippen LogP contribution >= 0.6 is 0 Å². The molecule has 0 aliphatic heterocycles. The number of rotatable bonds is 9. The molecular weight excluding hydrogens is 472 g/mol. The normalized spacial score (nSPS) is 13.2. The number of amides is 2. The third-order valence-electron chi connectivity index (χ3n) is 5.51. The minimum atomic E-state index is -0.946. The van der Waals surface area contributed by atoms with Gasteiger partial charge in [-0.3, -0.25) is 4.79 Å². The molecule has 8 nitrogen and oxygen atoms in total. The third-order valence-corrected chi connectivity index (χ3v) is 5.51. The number of carbonyl (C=O) groups excluding carboxylic acids is 3. The summed E-state index contributed by atoms with van der Waals surface area (Å²) >= 11 is 0. The molecule has 2 aromatic rings.